The van der Waals surface area contributed by atoms with Crippen LogP contribution in [-0.2, 0) is 6.54 Å². The molecule has 1 saturated heterocycles. The summed E-state index contributed by atoms with van der Waals surface area (Å²) in [6.45, 7) is 2.53. The molecule has 1 aromatic carbocycles. The number of aromatic nitrogens is 2. The maximum atomic E-state index is 12.0. The number of carbonyl (C=O) groups excluding carboxylic acids is 1. The first kappa shape index (κ1) is 16.2. The summed E-state index contributed by atoms with van der Waals surface area (Å²) in [7, 11) is 0. The molecule has 2 aromatic rings. The highest BCUT2D eigenvalue weighted by Gasteiger charge is 2.22. The van der Waals surface area contributed by atoms with Crippen LogP contribution in [0.2, 0.25) is 4.34 Å². The molecule has 0 atom stereocenters. The lowest BCUT2D eigenvalue weighted by Crippen LogP contribution is -2.45. The summed E-state index contributed by atoms with van der Waals surface area (Å²) < 4.78 is 4.51. The smallest absolute Gasteiger partial charge is 0.319 e. The van der Waals surface area contributed by atoms with Crippen molar-refractivity contribution in [2.45, 2.75) is 25.4 Å². The van der Waals surface area contributed by atoms with Gasteiger partial charge in [0.2, 0.25) is 0 Å². The molecular weight excluding hydrogens is 334 g/mol. The van der Waals surface area contributed by atoms with E-state index in [0.717, 1.165) is 43.9 Å². The summed E-state index contributed by atoms with van der Waals surface area (Å²) in [5.74, 6) is 0. The van der Waals surface area contributed by atoms with Gasteiger partial charge in [-0.2, -0.15) is 0 Å². The van der Waals surface area contributed by atoms with Crippen LogP contribution in [0.25, 0.3) is 0 Å². The Bertz CT molecular complexity index is 642. The first-order valence-corrected chi connectivity index (χ1v) is 8.67. The lowest BCUT2D eigenvalue weighted by molar-refractivity contribution is 0.188. The Morgan fingerprint density at radius 3 is 2.70 bits per heavy atom. The number of anilines is 1. The normalized spacial score (nSPS) is 16.2. The third-order valence-corrected chi connectivity index (χ3v) is 4.82. The summed E-state index contributed by atoms with van der Waals surface area (Å²) in [5, 5.41) is 9.92. The van der Waals surface area contributed by atoms with Gasteiger partial charge in [0, 0.05) is 42.9 Å². The topological polar surface area (TPSA) is 70.2 Å². The second-order valence-corrected chi connectivity index (χ2v) is 6.86. The number of carbonyl (C=O) groups is 1. The lowest BCUT2D eigenvalue weighted by atomic mass is 10.1. The minimum Gasteiger partial charge on any atom is -0.335 e. The van der Waals surface area contributed by atoms with Crippen LogP contribution in [0.1, 0.15) is 18.5 Å². The molecule has 23 heavy (non-hydrogen) atoms. The van der Waals surface area contributed by atoms with E-state index in [1.54, 1.807) is 0 Å². The van der Waals surface area contributed by atoms with Gasteiger partial charge in [0.1, 0.15) is 10.0 Å². The van der Waals surface area contributed by atoms with Gasteiger partial charge in [-0.05, 0) is 25.0 Å². The average molecular weight is 352 g/mol. The molecule has 0 spiro atoms. The number of nitrogens with one attached hydrogen (secondary N) is 2. The summed E-state index contributed by atoms with van der Waals surface area (Å²) in [4.78, 5) is 14.3. The van der Waals surface area contributed by atoms with E-state index in [9.17, 15) is 4.79 Å². The molecule has 0 radical (unpaired) electrons. The van der Waals surface area contributed by atoms with E-state index >= 15 is 0 Å². The first-order valence-electron chi connectivity index (χ1n) is 7.52. The van der Waals surface area contributed by atoms with E-state index in [2.05, 4.69) is 25.1 Å². The highest BCUT2D eigenvalue weighted by atomic mass is 35.5. The van der Waals surface area contributed by atoms with Gasteiger partial charge in [-0.15, -0.1) is 5.10 Å². The van der Waals surface area contributed by atoms with E-state index in [0.29, 0.717) is 4.34 Å². The van der Waals surface area contributed by atoms with Crippen molar-refractivity contribution in [1.82, 2.24) is 19.8 Å². The molecule has 8 heteroatoms. The van der Waals surface area contributed by atoms with Crippen LogP contribution in [0.4, 0.5) is 10.5 Å². The number of hydrogen-bond donors (Lipinski definition) is 2. The van der Waals surface area contributed by atoms with E-state index in [4.69, 9.17) is 11.6 Å². The van der Waals surface area contributed by atoms with E-state index in [1.165, 1.54) is 11.5 Å². The molecule has 1 aliphatic rings. The van der Waals surface area contributed by atoms with Crippen molar-refractivity contribution < 1.29 is 4.79 Å². The first-order chi connectivity index (χ1) is 11.2. The largest absolute Gasteiger partial charge is 0.335 e. The molecule has 6 nitrogen and oxygen atoms in total. The van der Waals surface area contributed by atoms with Crippen molar-refractivity contribution in [3.8, 4) is 0 Å². The summed E-state index contributed by atoms with van der Waals surface area (Å²) >= 11 is 7.25. The minimum absolute atomic E-state index is 0.151. The van der Waals surface area contributed by atoms with Crippen molar-refractivity contribution in [3.63, 3.8) is 0 Å². The van der Waals surface area contributed by atoms with Gasteiger partial charge in [-0.3, -0.25) is 4.90 Å². The van der Waals surface area contributed by atoms with Crippen molar-refractivity contribution in [2.24, 2.45) is 0 Å². The fraction of sp³-hybridized carbons (Fsp3) is 0.400. The van der Waals surface area contributed by atoms with Gasteiger partial charge >= 0.3 is 6.03 Å². The third kappa shape index (κ3) is 4.63. The van der Waals surface area contributed by atoms with Crippen LogP contribution in [-0.4, -0.2) is 39.6 Å². The number of piperidine rings is 1. The van der Waals surface area contributed by atoms with Crippen molar-refractivity contribution >= 4 is 34.9 Å². The quantitative estimate of drug-likeness (QED) is 0.888. The summed E-state index contributed by atoms with van der Waals surface area (Å²) in [6, 6.07) is 9.49. The second kappa shape index (κ2) is 7.72. The van der Waals surface area contributed by atoms with Gasteiger partial charge < -0.3 is 10.6 Å². The molecule has 1 aliphatic heterocycles. The number of likely N-dealkylation sites (tertiary alicyclic amines) is 1. The van der Waals surface area contributed by atoms with Crippen molar-refractivity contribution in [2.75, 3.05) is 18.4 Å². The Kier molecular flexibility index (Phi) is 5.43. The van der Waals surface area contributed by atoms with Crippen LogP contribution >= 0.6 is 23.1 Å². The Hall–Kier alpha value is -1.70. The molecular formula is C15H18ClN5OS. The van der Waals surface area contributed by atoms with Crippen molar-refractivity contribution in [1.29, 1.82) is 0 Å². The third-order valence-electron chi connectivity index (χ3n) is 3.84. The fourth-order valence-electron chi connectivity index (χ4n) is 2.61. The van der Waals surface area contributed by atoms with Crippen LogP contribution in [0.5, 0.6) is 0 Å². The van der Waals surface area contributed by atoms with E-state index < -0.39 is 0 Å². The molecule has 3 rings (SSSR count). The molecule has 2 N–H and O–H groups in total. The standard InChI is InChI=1S/C15H18ClN5OS/c16-14-13(19-20-23-14)10-21-8-6-12(7-9-21)18-15(22)17-11-4-2-1-3-5-11/h1-5,12H,6-10H2,(H2,17,18,22). The Morgan fingerprint density at radius 2 is 2.04 bits per heavy atom. The molecule has 122 valence electrons. The summed E-state index contributed by atoms with van der Waals surface area (Å²) in [6.07, 6.45) is 1.83. The molecule has 0 saturated carbocycles. The maximum absolute atomic E-state index is 12.0. The highest BCUT2D eigenvalue weighted by molar-refractivity contribution is 7.10. The maximum Gasteiger partial charge on any atom is 0.319 e. The Labute approximate surface area is 144 Å². The second-order valence-electron chi connectivity index (χ2n) is 5.51. The van der Waals surface area contributed by atoms with E-state index in [1.807, 2.05) is 30.3 Å². The van der Waals surface area contributed by atoms with Crippen LogP contribution in [0, 0.1) is 0 Å². The van der Waals surface area contributed by atoms with Crippen LogP contribution in [0.15, 0.2) is 30.3 Å². The lowest BCUT2D eigenvalue weighted by Gasteiger charge is -2.31. The molecule has 1 aromatic heterocycles. The molecule has 2 amide bonds. The molecule has 0 aliphatic carbocycles. The molecule has 0 unspecified atom stereocenters. The Balaban J connectivity index is 1.42. The number of benzene rings is 1. The molecule has 0 bridgehead atoms. The Morgan fingerprint density at radius 1 is 1.30 bits per heavy atom. The number of rotatable bonds is 4. The zero-order chi connectivity index (χ0) is 16.1. The summed E-state index contributed by atoms with van der Waals surface area (Å²) in [5.41, 5.74) is 1.64. The average Bonchev–Trinajstić information content (AvgIpc) is 2.95. The zero-order valence-electron chi connectivity index (χ0n) is 12.5. The number of hydrogen-bond acceptors (Lipinski definition) is 5. The zero-order valence-corrected chi connectivity index (χ0v) is 14.1. The molecule has 2 heterocycles. The monoisotopic (exact) mass is 351 g/mol. The predicted octanol–water partition coefficient (Wildman–Crippen LogP) is 2.98. The van der Waals surface area contributed by atoms with Gasteiger partial charge in [0.05, 0.1) is 0 Å². The van der Waals surface area contributed by atoms with Gasteiger partial charge in [-0.1, -0.05) is 34.3 Å². The number of para-hydroxylation sites is 1. The van der Waals surface area contributed by atoms with E-state index in [-0.39, 0.29) is 12.1 Å². The van der Waals surface area contributed by atoms with Crippen molar-refractivity contribution in [3.05, 3.63) is 40.4 Å². The molecule has 1 fully saturated rings. The van der Waals surface area contributed by atoms with Gasteiger partial charge in [0.15, 0.2) is 0 Å². The van der Waals surface area contributed by atoms with Gasteiger partial charge in [-0.25, -0.2) is 4.79 Å². The number of nitrogens with zero attached hydrogens (tertiary/aromatic N) is 3. The fourth-order valence-corrected chi connectivity index (χ4v) is 3.22. The number of amides is 2. The minimum atomic E-state index is -0.151. The number of urea groups is 1. The van der Waals surface area contributed by atoms with Crippen LogP contribution < -0.4 is 10.6 Å². The van der Waals surface area contributed by atoms with Crippen LogP contribution in [0.3, 0.4) is 0 Å². The number of halogens is 1. The highest BCUT2D eigenvalue weighted by Crippen LogP contribution is 2.21. The van der Waals surface area contributed by atoms with Gasteiger partial charge in [0.25, 0.3) is 0 Å². The predicted molar refractivity (Wildman–Crippen MR) is 91.8 cm³/mol. The SMILES string of the molecule is O=C(Nc1ccccc1)NC1CCN(Cc2nnsc2Cl)CC1.